The van der Waals surface area contributed by atoms with Crippen molar-refractivity contribution in [2.24, 2.45) is 5.10 Å². The monoisotopic (exact) mass is 493 g/mol. The van der Waals surface area contributed by atoms with Gasteiger partial charge in [0.25, 0.3) is 15.9 Å². The molecule has 0 saturated carbocycles. The van der Waals surface area contributed by atoms with Gasteiger partial charge in [-0.2, -0.15) is 5.10 Å². The second kappa shape index (κ2) is 11.8. The second-order valence-electron chi connectivity index (χ2n) is 7.41. The van der Waals surface area contributed by atoms with Gasteiger partial charge in [0.05, 0.1) is 23.9 Å². The number of benzene rings is 3. The van der Waals surface area contributed by atoms with Gasteiger partial charge >= 0.3 is 0 Å². The zero-order valence-electron chi connectivity index (χ0n) is 19.5. The Balaban J connectivity index is 1.78. The van der Waals surface area contributed by atoms with Crippen LogP contribution < -0.4 is 19.2 Å². The molecule has 0 aliphatic carbocycles. The van der Waals surface area contributed by atoms with Crippen LogP contribution in [0.4, 0.5) is 5.69 Å². The first-order chi connectivity index (χ1) is 16.9. The number of carbonyl (C=O) groups is 1. The minimum atomic E-state index is -3.99. The summed E-state index contributed by atoms with van der Waals surface area (Å²) >= 11 is 0. The maximum absolute atomic E-state index is 13.4. The number of para-hydroxylation sites is 1. The standard InChI is InChI=1S/C26H27N3O5S/c1-4-16-34-24-15-14-21(17-25(24)33-3)18-27-28-26(30)19-29(23-13-9-8-10-20(23)2)35(31,32)22-11-6-5-7-12-22/h4-15,17-18H,1,16,19H2,2-3H3,(H,28,30)/b27-18-. The lowest BCUT2D eigenvalue weighted by Crippen LogP contribution is -2.40. The van der Waals surface area contributed by atoms with Crippen LogP contribution in [0.2, 0.25) is 0 Å². The number of methoxy groups -OCH3 is 1. The van der Waals surface area contributed by atoms with Crippen LogP contribution >= 0.6 is 0 Å². The SMILES string of the molecule is C=CCOc1ccc(/C=N\NC(=O)CN(c2ccccc2C)S(=O)(=O)c2ccccc2)cc1OC. The van der Waals surface area contributed by atoms with E-state index in [0.29, 0.717) is 34.9 Å². The predicted octanol–water partition coefficient (Wildman–Crippen LogP) is 3.91. The van der Waals surface area contributed by atoms with E-state index < -0.39 is 22.5 Å². The molecule has 0 saturated heterocycles. The van der Waals surface area contributed by atoms with Gasteiger partial charge in [-0.15, -0.1) is 0 Å². The van der Waals surface area contributed by atoms with E-state index in [0.717, 1.165) is 4.31 Å². The first kappa shape index (κ1) is 25.5. The number of hydrazone groups is 1. The molecule has 0 aliphatic heterocycles. The van der Waals surface area contributed by atoms with E-state index in [1.807, 2.05) is 0 Å². The van der Waals surface area contributed by atoms with E-state index in [1.165, 1.54) is 25.5 Å². The third-order valence-corrected chi connectivity index (χ3v) is 6.72. The summed E-state index contributed by atoms with van der Waals surface area (Å²) in [5.74, 6) is 0.456. The number of aryl methyl sites for hydroxylation is 1. The molecule has 0 aliphatic rings. The number of anilines is 1. The molecule has 0 fully saturated rings. The van der Waals surface area contributed by atoms with Crippen molar-refractivity contribution in [3.8, 4) is 11.5 Å². The third kappa shape index (κ3) is 6.48. The van der Waals surface area contributed by atoms with Gasteiger partial charge in [0, 0.05) is 0 Å². The van der Waals surface area contributed by atoms with Gasteiger partial charge in [-0.3, -0.25) is 9.10 Å². The summed E-state index contributed by atoms with van der Waals surface area (Å²) in [4.78, 5) is 12.8. The van der Waals surface area contributed by atoms with Gasteiger partial charge < -0.3 is 9.47 Å². The molecule has 0 bridgehead atoms. The Hall–Kier alpha value is -4.11. The van der Waals surface area contributed by atoms with Crippen LogP contribution in [0.25, 0.3) is 0 Å². The van der Waals surface area contributed by atoms with Crippen LogP contribution in [-0.2, 0) is 14.8 Å². The highest BCUT2D eigenvalue weighted by Gasteiger charge is 2.28. The molecule has 0 unspecified atom stereocenters. The van der Waals surface area contributed by atoms with E-state index in [1.54, 1.807) is 73.7 Å². The van der Waals surface area contributed by atoms with Crippen molar-refractivity contribution in [2.75, 3.05) is 24.6 Å². The Morgan fingerprint density at radius 1 is 1.06 bits per heavy atom. The van der Waals surface area contributed by atoms with Gasteiger partial charge in [-0.1, -0.05) is 49.1 Å². The van der Waals surface area contributed by atoms with Crippen molar-refractivity contribution < 1.29 is 22.7 Å². The molecule has 0 aromatic heterocycles. The largest absolute Gasteiger partial charge is 0.493 e. The summed E-state index contributed by atoms with van der Waals surface area (Å²) in [6.45, 7) is 5.29. The predicted molar refractivity (Wildman–Crippen MR) is 137 cm³/mol. The van der Waals surface area contributed by atoms with Crippen molar-refractivity contribution in [2.45, 2.75) is 11.8 Å². The Labute approximate surface area is 205 Å². The molecular weight excluding hydrogens is 466 g/mol. The number of hydrogen-bond donors (Lipinski definition) is 1. The molecule has 0 radical (unpaired) electrons. The molecule has 182 valence electrons. The Morgan fingerprint density at radius 3 is 2.46 bits per heavy atom. The van der Waals surface area contributed by atoms with Crippen LogP contribution in [0.5, 0.6) is 11.5 Å². The third-order valence-electron chi connectivity index (χ3n) is 4.95. The fourth-order valence-corrected chi connectivity index (χ4v) is 4.75. The molecule has 0 heterocycles. The zero-order valence-corrected chi connectivity index (χ0v) is 20.4. The molecule has 35 heavy (non-hydrogen) atoms. The van der Waals surface area contributed by atoms with Crippen LogP contribution in [0, 0.1) is 6.92 Å². The smallest absolute Gasteiger partial charge is 0.264 e. The number of carbonyl (C=O) groups excluding carboxylic acids is 1. The van der Waals surface area contributed by atoms with Crippen LogP contribution in [0.15, 0.2) is 95.4 Å². The molecule has 9 heteroatoms. The van der Waals surface area contributed by atoms with E-state index in [2.05, 4.69) is 17.1 Å². The average molecular weight is 494 g/mol. The molecule has 1 amide bonds. The van der Waals surface area contributed by atoms with Crippen molar-refractivity contribution in [3.05, 3.63) is 96.6 Å². The number of amides is 1. The Kier molecular flexibility index (Phi) is 8.63. The molecule has 8 nitrogen and oxygen atoms in total. The lowest BCUT2D eigenvalue weighted by Gasteiger charge is -2.25. The number of sulfonamides is 1. The highest BCUT2D eigenvalue weighted by Crippen LogP contribution is 2.28. The van der Waals surface area contributed by atoms with Gasteiger partial charge in [-0.25, -0.2) is 13.8 Å². The number of rotatable bonds is 11. The molecular formula is C26H27N3O5S. The zero-order chi connectivity index (χ0) is 25.3. The summed E-state index contributed by atoms with van der Waals surface area (Å²) in [5, 5.41) is 3.97. The lowest BCUT2D eigenvalue weighted by atomic mass is 10.2. The van der Waals surface area contributed by atoms with E-state index in [-0.39, 0.29) is 4.90 Å². The number of nitrogens with zero attached hydrogens (tertiary/aromatic N) is 2. The minimum Gasteiger partial charge on any atom is -0.493 e. The normalized spacial score (nSPS) is 11.1. The average Bonchev–Trinajstić information content (AvgIpc) is 2.87. The molecule has 3 aromatic carbocycles. The van der Waals surface area contributed by atoms with Crippen molar-refractivity contribution >= 4 is 27.8 Å². The Bertz CT molecular complexity index is 1310. The highest BCUT2D eigenvalue weighted by atomic mass is 32.2. The summed E-state index contributed by atoms with van der Waals surface area (Å²) in [6.07, 6.45) is 3.06. The van der Waals surface area contributed by atoms with Gasteiger partial charge in [0.1, 0.15) is 13.2 Å². The van der Waals surface area contributed by atoms with Crippen molar-refractivity contribution in [1.82, 2.24) is 5.43 Å². The van der Waals surface area contributed by atoms with Gasteiger partial charge in [0.15, 0.2) is 11.5 Å². The fraction of sp³-hybridized carbons (Fsp3) is 0.154. The van der Waals surface area contributed by atoms with Crippen LogP contribution in [0.3, 0.4) is 0 Å². The summed E-state index contributed by atoms with van der Waals surface area (Å²) in [5.41, 5.74) is 4.18. The molecule has 3 aromatic rings. The van der Waals surface area contributed by atoms with Gasteiger partial charge in [-0.05, 0) is 54.4 Å². The molecule has 3 rings (SSSR count). The van der Waals surface area contributed by atoms with Crippen molar-refractivity contribution in [3.63, 3.8) is 0 Å². The molecule has 0 spiro atoms. The van der Waals surface area contributed by atoms with Crippen LogP contribution in [0.1, 0.15) is 11.1 Å². The minimum absolute atomic E-state index is 0.0883. The maximum atomic E-state index is 13.4. The second-order valence-corrected chi connectivity index (χ2v) is 9.28. The van der Waals surface area contributed by atoms with Crippen LogP contribution in [-0.4, -0.2) is 40.8 Å². The fourth-order valence-electron chi connectivity index (χ4n) is 3.24. The van der Waals surface area contributed by atoms with E-state index in [4.69, 9.17) is 9.47 Å². The van der Waals surface area contributed by atoms with E-state index >= 15 is 0 Å². The lowest BCUT2D eigenvalue weighted by molar-refractivity contribution is -0.119. The molecule has 1 N–H and O–H groups in total. The van der Waals surface area contributed by atoms with Crippen molar-refractivity contribution in [1.29, 1.82) is 0 Å². The highest BCUT2D eigenvalue weighted by molar-refractivity contribution is 7.92. The summed E-state index contributed by atoms with van der Waals surface area (Å²) in [7, 11) is -2.47. The summed E-state index contributed by atoms with van der Waals surface area (Å²) < 4.78 is 38.7. The quantitative estimate of drug-likeness (QED) is 0.248. The topological polar surface area (TPSA) is 97.3 Å². The van der Waals surface area contributed by atoms with Gasteiger partial charge in [0.2, 0.25) is 0 Å². The maximum Gasteiger partial charge on any atom is 0.264 e. The van der Waals surface area contributed by atoms with E-state index in [9.17, 15) is 13.2 Å². The summed E-state index contributed by atoms with van der Waals surface area (Å²) in [6, 6.07) is 20.1. The first-order valence-electron chi connectivity index (χ1n) is 10.7. The number of ether oxygens (including phenoxy) is 2. The number of nitrogens with one attached hydrogen (secondary N) is 1. The Morgan fingerprint density at radius 2 is 1.77 bits per heavy atom. The molecule has 0 atom stereocenters. The first-order valence-corrected chi connectivity index (χ1v) is 12.2. The number of hydrogen-bond acceptors (Lipinski definition) is 6.